The van der Waals surface area contributed by atoms with Crippen molar-refractivity contribution >= 4 is 26.5 Å². The molecule has 0 aromatic heterocycles. The third kappa shape index (κ3) is 32.5. The number of nitriles is 1. The number of carbonyl (C=O) groups excluding carboxylic acids is 3. The van der Waals surface area contributed by atoms with Crippen molar-refractivity contribution in [2.24, 2.45) is 0 Å². The molecular weight excluding hydrogens is 747 g/mol. The zero-order chi connectivity index (χ0) is 42.5. The number of nitrogens with zero attached hydrogens (tertiary/aromatic N) is 2. The van der Waals surface area contributed by atoms with Gasteiger partial charge in [-0.05, 0) is 53.4 Å². The maximum atomic E-state index is 12.1. The van der Waals surface area contributed by atoms with Gasteiger partial charge in [-0.2, -0.15) is 5.26 Å². The summed E-state index contributed by atoms with van der Waals surface area (Å²) < 4.78 is 36.6. The smallest absolute Gasteiger partial charge is 0.314 e. The van der Waals surface area contributed by atoms with Crippen molar-refractivity contribution < 1.29 is 42.4 Å². The quantitative estimate of drug-likeness (QED) is 0.0361. The second-order valence-corrected chi connectivity index (χ2v) is 16.6. The molecule has 0 bridgehead atoms. The molecule has 13 nitrogen and oxygen atoms in total. The first-order valence-corrected chi connectivity index (χ1v) is 23.5. The molecule has 0 spiro atoms. The highest BCUT2D eigenvalue weighted by molar-refractivity contribution is 7.44. The highest BCUT2D eigenvalue weighted by atomic mass is 31.2. The van der Waals surface area contributed by atoms with Gasteiger partial charge in [0.25, 0.3) is 8.53 Å². The van der Waals surface area contributed by atoms with Gasteiger partial charge in [0, 0.05) is 58.5 Å². The molecule has 2 amide bonds. The summed E-state index contributed by atoms with van der Waals surface area (Å²) in [7, 11) is -1.18. The van der Waals surface area contributed by atoms with Gasteiger partial charge in [0.15, 0.2) is 6.29 Å². The summed E-state index contributed by atoms with van der Waals surface area (Å²) in [4.78, 5) is 34.7. The minimum atomic E-state index is -1.18. The molecular formula is C43H83N4O9P. The molecule has 1 fully saturated rings. The lowest BCUT2D eigenvalue weighted by Crippen LogP contribution is -2.41. The molecule has 1 rings (SSSR count). The monoisotopic (exact) mass is 831 g/mol. The fourth-order valence-corrected chi connectivity index (χ4v) is 8.20. The maximum Gasteiger partial charge on any atom is 0.314 e. The molecule has 0 radical (unpaired) electrons. The predicted molar refractivity (Wildman–Crippen MR) is 228 cm³/mol. The molecule has 1 aliphatic rings. The minimum absolute atomic E-state index is 0.0729. The van der Waals surface area contributed by atoms with Crippen LogP contribution in [0.3, 0.4) is 0 Å². The number of ether oxygens (including phenoxy) is 4. The summed E-state index contributed by atoms with van der Waals surface area (Å²) in [6.45, 7) is 18.5. The Kier molecular flexibility index (Phi) is 36.8. The molecule has 1 aliphatic heterocycles. The van der Waals surface area contributed by atoms with Gasteiger partial charge < -0.3 is 38.6 Å². The lowest BCUT2D eigenvalue weighted by molar-refractivity contribution is -0.229. The molecule has 4 atom stereocenters. The van der Waals surface area contributed by atoms with Crippen LogP contribution in [0.15, 0.2) is 0 Å². The number of esters is 2. The number of hydrogen-bond acceptors (Lipinski definition) is 11. The number of unbranched alkanes of at least 4 members (excludes halogenated alkanes) is 15. The molecule has 4 unspecified atom stereocenters. The lowest BCUT2D eigenvalue weighted by Gasteiger charge is -2.35. The van der Waals surface area contributed by atoms with Gasteiger partial charge in [-0.25, -0.2) is 9.46 Å². The van der Waals surface area contributed by atoms with E-state index in [0.29, 0.717) is 57.7 Å². The summed E-state index contributed by atoms with van der Waals surface area (Å²) in [6, 6.07) is 2.66. The number of amides is 2. The third-order valence-corrected chi connectivity index (χ3v) is 11.4. The largest absolute Gasteiger partial charge is 0.463 e. The molecule has 0 aliphatic carbocycles. The van der Waals surface area contributed by atoms with Crippen LogP contribution >= 0.6 is 8.53 Å². The molecule has 2 N–H and O–H groups in total. The number of rotatable bonds is 34. The maximum absolute atomic E-state index is 12.1. The Labute approximate surface area is 348 Å². The van der Waals surface area contributed by atoms with Crippen molar-refractivity contribution in [3.8, 4) is 6.07 Å². The van der Waals surface area contributed by atoms with Crippen molar-refractivity contribution in [3.63, 3.8) is 0 Å². The van der Waals surface area contributed by atoms with Crippen LogP contribution in [0.4, 0.5) is 4.79 Å². The highest BCUT2D eigenvalue weighted by Crippen LogP contribution is 2.46. The second-order valence-electron chi connectivity index (χ2n) is 15.1. The highest BCUT2D eigenvalue weighted by Gasteiger charge is 2.32. The van der Waals surface area contributed by atoms with Crippen molar-refractivity contribution in [2.45, 2.75) is 214 Å². The molecule has 0 saturated carbocycles. The zero-order valence-corrected chi connectivity index (χ0v) is 38.2. The van der Waals surface area contributed by atoms with Crippen molar-refractivity contribution in [1.29, 1.82) is 5.26 Å². The summed E-state index contributed by atoms with van der Waals surface area (Å²) >= 11 is 0. The van der Waals surface area contributed by atoms with E-state index in [9.17, 15) is 14.4 Å². The van der Waals surface area contributed by atoms with Gasteiger partial charge in [0.05, 0.1) is 31.8 Å². The number of hydrogen-bond donors (Lipinski definition) is 2. The van der Waals surface area contributed by atoms with Crippen LogP contribution in [-0.4, -0.2) is 92.7 Å². The molecule has 1 saturated heterocycles. The van der Waals surface area contributed by atoms with Crippen LogP contribution in [0.5, 0.6) is 0 Å². The Bertz CT molecular complexity index is 1030. The van der Waals surface area contributed by atoms with E-state index < -0.39 is 14.8 Å². The van der Waals surface area contributed by atoms with Crippen LogP contribution in [0.1, 0.15) is 184 Å². The Morgan fingerprint density at radius 1 is 0.702 bits per heavy atom. The average Bonchev–Trinajstić information content (AvgIpc) is 3.16. The first kappa shape index (κ1) is 54.9. The second kappa shape index (κ2) is 38.2. The van der Waals surface area contributed by atoms with Crippen LogP contribution in [0.25, 0.3) is 0 Å². The van der Waals surface area contributed by atoms with Crippen LogP contribution in [0.2, 0.25) is 0 Å². The topological polar surface area (TPSA) is 158 Å². The van der Waals surface area contributed by atoms with Gasteiger partial charge in [-0.15, -0.1) is 0 Å². The van der Waals surface area contributed by atoms with E-state index in [1.165, 1.54) is 71.6 Å². The van der Waals surface area contributed by atoms with E-state index in [-0.39, 0.29) is 36.8 Å². The van der Waals surface area contributed by atoms with Gasteiger partial charge in [0.1, 0.15) is 12.7 Å². The third-order valence-electron chi connectivity index (χ3n) is 9.26. The van der Waals surface area contributed by atoms with Crippen molar-refractivity contribution in [2.75, 3.05) is 39.5 Å². The molecule has 14 heteroatoms. The Hall–Kier alpha value is -2.07. The van der Waals surface area contributed by atoms with Gasteiger partial charge >= 0.3 is 18.0 Å². The lowest BCUT2D eigenvalue weighted by atomic mass is 10.0. The average molecular weight is 831 g/mol. The van der Waals surface area contributed by atoms with E-state index in [1.807, 2.05) is 13.8 Å². The fourth-order valence-electron chi connectivity index (χ4n) is 6.58. The first-order valence-electron chi connectivity index (χ1n) is 22.3. The number of carbonyl (C=O) groups is 3. The molecule has 334 valence electrons. The molecule has 57 heavy (non-hydrogen) atoms. The first-order chi connectivity index (χ1) is 27.5. The standard InChI is InChI=1S/C41H77N4O9P.C2H6/c1-34(2)45(35(3)4)55(52-30-24-25-42)51-29-23-19-17-21-27-44-41(48)43-26-20-16-14-12-10-8-7-9-11-13-15-18-22-28-49-40-32-38(53-37(6)47)31-39(54-40)33-50-36(5)46;1-2/h34-35,38-40H,7-24,26-33H2,1-6H3,(H2,43,44,48);1-2H3. The Morgan fingerprint density at radius 3 is 1.65 bits per heavy atom. The normalized spacial score (nSPS) is 17.1. The molecule has 1 heterocycles. The summed E-state index contributed by atoms with van der Waals surface area (Å²) in [5.74, 6) is -0.690. The van der Waals surface area contributed by atoms with Crippen LogP contribution in [-0.2, 0) is 37.6 Å². The minimum Gasteiger partial charge on any atom is -0.463 e. The molecule has 0 aromatic carbocycles. The number of urea groups is 1. The van der Waals surface area contributed by atoms with Gasteiger partial charge in [-0.3, -0.25) is 9.59 Å². The van der Waals surface area contributed by atoms with Crippen molar-refractivity contribution in [1.82, 2.24) is 15.3 Å². The Morgan fingerprint density at radius 2 is 1.18 bits per heavy atom. The summed E-state index contributed by atoms with van der Waals surface area (Å²) in [5, 5.41) is 14.8. The van der Waals surface area contributed by atoms with E-state index in [1.54, 1.807) is 0 Å². The van der Waals surface area contributed by atoms with Crippen LogP contribution < -0.4 is 10.6 Å². The van der Waals surface area contributed by atoms with E-state index in [0.717, 1.165) is 57.9 Å². The van der Waals surface area contributed by atoms with Crippen molar-refractivity contribution in [3.05, 3.63) is 0 Å². The van der Waals surface area contributed by atoms with E-state index in [4.69, 9.17) is 33.3 Å². The fraction of sp³-hybridized carbons (Fsp3) is 0.907. The molecule has 0 aromatic rings. The van der Waals surface area contributed by atoms with Gasteiger partial charge in [-0.1, -0.05) is 97.3 Å². The SMILES string of the molecule is CC.CC(=O)OCC1CC(OC(C)=O)CC(OCCCCCCCCCCCCCCCNC(=O)NCCCCCCOP(OCCC#N)N(C(C)C)C(C)C)O1. The van der Waals surface area contributed by atoms with E-state index in [2.05, 4.69) is 49.1 Å². The van der Waals surface area contributed by atoms with Crippen LogP contribution in [0, 0.1) is 11.3 Å². The summed E-state index contributed by atoms with van der Waals surface area (Å²) in [6.07, 6.45) is 19.9. The predicted octanol–water partition coefficient (Wildman–Crippen LogP) is 10.3. The van der Waals surface area contributed by atoms with E-state index >= 15 is 0 Å². The number of nitrogens with one attached hydrogen (secondary N) is 2. The summed E-state index contributed by atoms with van der Waals surface area (Å²) in [5.41, 5.74) is 0. The zero-order valence-electron chi connectivity index (χ0n) is 37.3. The Balaban J connectivity index is 0.0000154. The van der Waals surface area contributed by atoms with Gasteiger partial charge in [0.2, 0.25) is 0 Å².